The van der Waals surface area contributed by atoms with Crippen molar-refractivity contribution >= 4 is 21.7 Å². The van der Waals surface area contributed by atoms with Crippen LogP contribution < -0.4 is 0 Å². The van der Waals surface area contributed by atoms with Gasteiger partial charge >= 0.3 is 0 Å². The number of aliphatic hydroxyl groups excluding tert-OH is 1. The Hall–Kier alpha value is -2.58. The molecule has 2 heteroatoms. The molecule has 102 valence electrons. The fourth-order valence-electron chi connectivity index (χ4n) is 2.68. The van der Waals surface area contributed by atoms with E-state index in [2.05, 4.69) is 18.2 Å². The van der Waals surface area contributed by atoms with Crippen LogP contribution in [0.15, 0.2) is 77.2 Å². The second-order valence-electron chi connectivity index (χ2n) is 5.20. The minimum absolute atomic E-state index is 0.575. The summed E-state index contributed by atoms with van der Waals surface area (Å²) in [5, 5.41) is 13.8. The van der Waals surface area contributed by atoms with E-state index in [4.69, 9.17) is 4.42 Å². The van der Waals surface area contributed by atoms with Gasteiger partial charge in [0, 0.05) is 5.39 Å². The van der Waals surface area contributed by atoms with E-state index < -0.39 is 6.10 Å². The van der Waals surface area contributed by atoms with Gasteiger partial charge in [-0.2, -0.15) is 0 Å². The highest BCUT2D eigenvalue weighted by atomic mass is 16.4. The summed E-state index contributed by atoms with van der Waals surface area (Å²) >= 11 is 0. The molecule has 4 aromatic rings. The van der Waals surface area contributed by atoms with E-state index >= 15 is 0 Å². The second-order valence-corrected chi connectivity index (χ2v) is 5.20. The third kappa shape index (κ3) is 2.10. The number of benzene rings is 3. The second kappa shape index (κ2) is 4.76. The lowest BCUT2D eigenvalue weighted by Gasteiger charge is -2.06. The van der Waals surface area contributed by atoms with Crippen molar-refractivity contribution < 1.29 is 9.52 Å². The highest BCUT2D eigenvalue weighted by molar-refractivity contribution is 5.96. The average Bonchev–Trinajstić information content (AvgIpc) is 2.95. The molecule has 0 aliphatic heterocycles. The fourth-order valence-corrected chi connectivity index (χ4v) is 2.68. The highest BCUT2D eigenvalue weighted by Crippen LogP contribution is 2.30. The monoisotopic (exact) mass is 274 g/mol. The normalized spacial score (nSPS) is 12.8. The summed E-state index contributed by atoms with van der Waals surface area (Å²) in [5.41, 5.74) is 1.64. The van der Waals surface area contributed by atoms with E-state index in [0.717, 1.165) is 21.9 Å². The summed E-state index contributed by atoms with van der Waals surface area (Å²) in [6.07, 6.45) is -0.735. The van der Waals surface area contributed by atoms with E-state index in [1.54, 1.807) is 0 Å². The van der Waals surface area contributed by atoms with Crippen LogP contribution in [0.4, 0.5) is 0 Å². The van der Waals surface area contributed by atoms with Crippen LogP contribution in [0.2, 0.25) is 0 Å². The van der Waals surface area contributed by atoms with Gasteiger partial charge in [0.25, 0.3) is 0 Å². The maximum Gasteiger partial charge on any atom is 0.138 e. The number of rotatable bonds is 2. The van der Waals surface area contributed by atoms with Gasteiger partial charge in [0.2, 0.25) is 0 Å². The maximum atomic E-state index is 10.4. The summed E-state index contributed by atoms with van der Waals surface area (Å²) in [4.78, 5) is 0. The SMILES string of the molecule is O[C@H](c1ccccc1)c1cc2cc3ccccc3cc2o1. The Morgan fingerprint density at radius 2 is 1.38 bits per heavy atom. The van der Waals surface area contributed by atoms with Crippen LogP contribution in [-0.4, -0.2) is 5.11 Å². The van der Waals surface area contributed by atoms with Crippen LogP contribution in [-0.2, 0) is 0 Å². The van der Waals surface area contributed by atoms with Gasteiger partial charge in [0.05, 0.1) is 0 Å². The Morgan fingerprint density at radius 1 is 0.714 bits per heavy atom. The lowest BCUT2D eigenvalue weighted by molar-refractivity contribution is 0.192. The Morgan fingerprint density at radius 3 is 2.14 bits per heavy atom. The molecule has 4 rings (SSSR count). The molecule has 2 nitrogen and oxygen atoms in total. The van der Waals surface area contributed by atoms with E-state index in [-0.39, 0.29) is 0 Å². The quantitative estimate of drug-likeness (QED) is 0.576. The molecule has 0 fully saturated rings. The van der Waals surface area contributed by atoms with Crippen LogP contribution in [0.3, 0.4) is 0 Å². The van der Waals surface area contributed by atoms with Crippen molar-refractivity contribution in [2.45, 2.75) is 6.10 Å². The predicted octanol–water partition coefficient (Wildman–Crippen LogP) is 4.67. The summed E-state index contributed by atoms with van der Waals surface area (Å²) in [7, 11) is 0. The molecule has 0 unspecified atom stereocenters. The Labute approximate surface area is 122 Å². The van der Waals surface area contributed by atoms with Crippen molar-refractivity contribution in [3.8, 4) is 0 Å². The van der Waals surface area contributed by atoms with Crippen LogP contribution >= 0.6 is 0 Å². The molecule has 1 N–H and O–H groups in total. The molecular weight excluding hydrogens is 260 g/mol. The summed E-state index contributed by atoms with van der Waals surface area (Å²) < 4.78 is 5.84. The van der Waals surface area contributed by atoms with Crippen molar-refractivity contribution in [2.24, 2.45) is 0 Å². The summed E-state index contributed by atoms with van der Waals surface area (Å²) in [6.45, 7) is 0. The van der Waals surface area contributed by atoms with Crippen LogP contribution in [0, 0.1) is 0 Å². The zero-order valence-corrected chi connectivity index (χ0v) is 11.4. The van der Waals surface area contributed by atoms with E-state index in [9.17, 15) is 5.11 Å². The molecular formula is C19H14O2. The first-order valence-corrected chi connectivity index (χ1v) is 6.96. The van der Waals surface area contributed by atoms with Crippen molar-refractivity contribution in [2.75, 3.05) is 0 Å². The van der Waals surface area contributed by atoms with E-state index in [1.165, 1.54) is 5.39 Å². The smallest absolute Gasteiger partial charge is 0.138 e. The largest absolute Gasteiger partial charge is 0.458 e. The molecule has 0 aliphatic carbocycles. The molecule has 0 spiro atoms. The zero-order chi connectivity index (χ0) is 14.2. The number of fused-ring (bicyclic) bond motifs is 2. The molecule has 0 saturated heterocycles. The number of furan rings is 1. The molecule has 1 atom stereocenters. The minimum atomic E-state index is -0.735. The van der Waals surface area contributed by atoms with E-state index in [1.807, 2.05) is 54.6 Å². The molecule has 1 heterocycles. The first-order chi connectivity index (χ1) is 10.3. The summed E-state index contributed by atoms with van der Waals surface area (Å²) in [6, 6.07) is 23.8. The van der Waals surface area contributed by atoms with Gasteiger partial charge < -0.3 is 9.52 Å². The van der Waals surface area contributed by atoms with Crippen molar-refractivity contribution in [1.82, 2.24) is 0 Å². The topological polar surface area (TPSA) is 33.4 Å². The number of hydrogen-bond acceptors (Lipinski definition) is 2. The minimum Gasteiger partial charge on any atom is -0.458 e. The zero-order valence-electron chi connectivity index (χ0n) is 11.4. The molecule has 21 heavy (non-hydrogen) atoms. The first-order valence-electron chi connectivity index (χ1n) is 6.96. The van der Waals surface area contributed by atoms with Gasteiger partial charge in [-0.3, -0.25) is 0 Å². The predicted molar refractivity (Wildman–Crippen MR) is 84.2 cm³/mol. The third-order valence-electron chi connectivity index (χ3n) is 3.79. The third-order valence-corrected chi connectivity index (χ3v) is 3.79. The molecule has 0 bridgehead atoms. The molecule has 3 aromatic carbocycles. The average molecular weight is 274 g/mol. The van der Waals surface area contributed by atoms with Crippen LogP contribution in [0.1, 0.15) is 17.4 Å². The molecule has 0 amide bonds. The first kappa shape index (κ1) is 12.2. The number of aliphatic hydroxyl groups is 1. The fraction of sp³-hybridized carbons (Fsp3) is 0.0526. The Kier molecular flexibility index (Phi) is 2.76. The standard InChI is InChI=1S/C19H14O2/c20-19(13-6-2-1-3-7-13)18-12-16-10-14-8-4-5-9-15(14)11-17(16)21-18/h1-12,19-20H/t19-/m1/s1. The van der Waals surface area contributed by atoms with Gasteiger partial charge in [-0.25, -0.2) is 0 Å². The van der Waals surface area contributed by atoms with Crippen molar-refractivity contribution in [3.63, 3.8) is 0 Å². The van der Waals surface area contributed by atoms with Gasteiger partial charge in [0.15, 0.2) is 0 Å². The molecule has 0 saturated carbocycles. The van der Waals surface area contributed by atoms with Crippen molar-refractivity contribution in [1.29, 1.82) is 0 Å². The van der Waals surface area contributed by atoms with Gasteiger partial charge in [-0.15, -0.1) is 0 Å². The van der Waals surface area contributed by atoms with Gasteiger partial charge in [-0.1, -0.05) is 54.6 Å². The van der Waals surface area contributed by atoms with E-state index in [0.29, 0.717) is 5.76 Å². The van der Waals surface area contributed by atoms with Crippen LogP contribution in [0.25, 0.3) is 21.7 Å². The summed E-state index contributed by atoms with van der Waals surface area (Å²) in [5.74, 6) is 0.575. The van der Waals surface area contributed by atoms with Gasteiger partial charge in [-0.05, 0) is 34.5 Å². The lowest BCUT2D eigenvalue weighted by atomic mass is 10.1. The Bertz CT molecular complexity index is 854. The van der Waals surface area contributed by atoms with Crippen molar-refractivity contribution in [3.05, 3.63) is 84.1 Å². The molecule has 1 aromatic heterocycles. The van der Waals surface area contributed by atoms with Gasteiger partial charge in [0.1, 0.15) is 17.4 Å². The number of hydrogen-bond donors (Lipinski definition) is 1. The lowest BCUT2D eigenvalue weighted by Crippen LogP contribution is -1.96. The van der Waals surface area contributed by atoms with Crippen LogP contribution in [0.5, 0.6) is 0 Å². The maximum absolute atomic E-state index is 10.4. The Balaban J connectivity index is 1.85. The molecule has 0 radical (unpaired) electrons. The highest BCUT2D eigenvalue weighted by Gasteiger charge is 2.15. The molecule has 0 aliphatic rings.